The number of aromatic nitrogens is 2. The van der Waals surface area contributed by atoms with Crippen molar-refractivity contribution >= 4 is 11.7 Å². The van der Waals surface area contributed by atoms with Gasteiger partial charge in [-0.25, -0.2) is 4.39 Å². The third kappa shape index (κ3) is 6.51. The number of hydrogen-bond acceptors (Lipinski definition) is 8. The number of fused-ring (bicyclic) bond motifs is 3. The topological polar surface area (TPSA) is 90.9 Å². The average Bonchev–Trinajstić information content (AvgIpc) is 3.57. The number of alkyl halides is 1. The Bertz CT molecular complexity index is 1290. The fourth-order valence-corrected chi connectivity index (χ4v) is 10.2. The normalized spacial score (nSPS) is 37.5. The van der Waals surface area contributed by atoms with E-state index in [0.29, 0.717) is 18.4 Å². The van der Waals surface area contributed by atoms with E-state index >= 15 is 4.39 Å². The molecule has 9 nitrogen and oxygen atoms in total. The van der Waals surface area contributed by atoms with E-state index in [4.69, 9.17) is 4.74 Å². The zero-order valence-corrected chi connectivity index (χ0v) is 28.6. The summed E-state index contributed by atoms with van der Waals surface area (Å²) < 4.78 is 23.7. The van der Waals surface area contributed by atoms with Crippen molar-refractivity contribution in [3.8, 4) is 0 Å². The first-order valence-electron chi connectivity index (χ1n) is 18.7. The summed E-state index contributed by atoms with van der Waals surface area (Å²) in [6.07, 6.45) is 15.4. The van der Waals surface area contributed by atoms with Crippen LogP contribution in [0, 0.1) is 17.8 Å². The van der Waals surface area contributed by atoms with Gasteiger partial charge in [-0.3, -0.25) is 24.5 Å². The number of Topliss-reactive ketones (excluding diaryl/α,β-unsaturated/α-hetero) is 1. The fourth-order valence-electron chi connectivity index (χ4n) is 10.2. The highest BCUT2D eigenvalue weighted by atomic mass is 19.1. The molecule has 0 bridgehead atoms. The van der Waals surface area contributed by atoms with E-state index in [-0.39, 0.29) is 53.8 Å². The zero-order valence-electron chi connectivity index (χ0n) is 28.6. The molecule has 11 atom stereocenters. The number of carbonyl (C=O) groups excluding carboxylic acids is 2. The van der Waals surface area contributed by atoms with Gasteiger partial charge in [0.2, 0.25) is 0 Å². The summed E-state index contributed by atoms with van der Waals surface area (Å²) in [6.45, 7) is 10.9. The highest BCUT2D eigenvalue weighted by Gasteiger charge is 2.61. The van der Waals surface area contributed by atoms with Crippen molar-refractivity contribution in [2.75, 3.05) is 32.7 Å². The van der Waals surface area contributed by atoms with Gasteiger partial charge in [0, 0.05) is 49.2 Å². The Balaban J connectivity index is 1.14. The molecule has 4 heterocycles. The standard InChI is InChI=1S/C37H55FN6O3/c1-4-42(5-2)15-8-9-23(3)41-37(46)28-22-44-31-17-24-10-6-7-11-25(24)18-32(31)47-36-33(44)27(35(28)45)19-29(38)34(36)43-16-12-26(21-43)30-20-39-13-14-40-30/h13-14,20,22-27,29,31-34,36H,4-12,15-19,21H2,1-3H3,(H,41,46). The predicted molar refractivity (Wildman–Crippen MR) is 178 cm³/mol. The van der Waals surface area contributed by atoms with Gasteiger partial charge < -0.3 is 19.9 Å². The number of ether oxygens (including phenoxy) is 1. The molecule has 7 rings (SSSR count). The highest BCUT2D eigenvalue weighted by molar-refractivity contribution is 6.20. The molecule has 1 aromatic heterocycles. The number of nitrogens with zero attached hydrogens (tertiary/aromatic N) is 5. The van der Waals surface area contributed by atoms with Gasteiger partial charge in [0.1, 0.15) is 6.17 Å². The van der Waals surface area contributed by atoms with Crippen LogP contribution in [0.5, 0.6) is 0 Å². The van der Waals surface area contributed by atoms with Crippen LogP contribution in [-0.4, -0.2) is 112 Å². The van der Waals surface area contributed by atoms with Crippen LogP contribution in [0.25, 0.3) is 0 Å². The van der Waals surface area contributed by atoms with Crippen LogP contribution in [-0.2, 0) is 14.3 Å². The minimum atomic E-state index is -1.21. The van der Waals surface area contributed by atoms with Gasteiger partial charge in [0.15, 0.2) is 5.78 Å². The van der Waals surface area contributed by atoms with Crippen molar-refractivity contribution in [1.82, 2.24) is 30.0 Å². The van der Waals surface area contributed by atoms with E-state index < -0.39 is 24.2 Å². The third-order valence-corrected chi connectivity index (χ3v) is 12.7. The van der Waals surface area contributed by atoms with Crippen LogP contribution in [0.15, 0.2) is 30.4 Å². The third-order valence-electron chi connectivity index (χ3n) is 12.7. The van der Waals surface area contributed by atoms with E-state index in [2.05, 4.69) is 43.8 Å². The number of nitrogens with one attached hydrogen (secondary N) is 1. The summed E-state index contributed by atoms with van der Waals surface area (Å²) in [6, 6.07) is -0.606. The lowest BCUT2D eigenvalue weighted by molar-refractivity contribution is -0.219. The summed E-state index contributed by atoms with van der Waals surface area (Å²) in [5.41, 5.74) is 1.16. The molecule has 47 heavy (non-hydrogen) atoms. The molecule has 258 valence electrons. The molecular formula is C37H55FN6O3. The van der Waals surface area contributed by atoms with Crippen LogP contribution < -0.4 is 5.32 Å². The number of rotatable bonds is 10. The predicted octanol–water partition coefficient (Wildman–Crippen LogP) is 4.49. The molecule has 5 fully saturated rings. The number of carbonyl (C=O) groups is 2. The highest BCUT2D eigenvalue weighted by Crippen LogP contribution is 2.51. The first-order chi connectivity index (χ1) is 22.9. The Morgan fingerprint density at radius 1 is 1.11 bits per heavy atom. The van der Waals surface area contributed by atoms with Gasteiger partial charge in [-0.05, 0) is 83.5 Å². The molecule has 0 aromatic carbocycles. The second kappa shape index (κ2) is 14.2. The number of ketones is 1. The Morgan fingerprint density at radius 3 is 2.64 bits per heavy atom. The molecule has 0 radical (unpaired) electrons. The lowest BCUT2D eigenvalue weighted by atomic mass is 9.64. The van der Waals surface area contributed by atoms with E-state index in [1.165, 1.54) is 25.7 Å². The van der Waals surface area contributed by atoms with Crippen molar-refractivity contribution < 1.29 is 18.7 Å². The summed E-state index contributed by atoms with van der Waals surface area (Å²) >= 11 is 0. The van der Waals surface area contributed by atoms with Crippen molar-refractivity contribution in [3.63, 3.8) is 0 Å². The Morgan fingerprint density at radius 2 is 1.89 bits per heavy atom. The average molecular weight is 651 g/mol. The fraction of sp³-hybridized carbons (Fsp3) is 0.784. The lowest BCUT2D eigenvalue weighted by Gasteiger charge is -2.61. The summed E-state index contributed by atoms with van der Waals surface area (Å²) in [7, 11) is 0. The Kier molecular flexibility index (Phi) is 10.00. The molecule has 2 saturated heterocycles. The lowest BCUT2D eigenvalue weighted by Crippen LogP contribution is -2.73. The van der Waals surface area contributed by atoms with Crippen LogP contribution in [0.3, 0.4) is 0 Å². The molecule has 3 aliphatic heterocycles. The largest absolute Gasteiger partial charge is 0.369 e. The smallest absolute Gasteiger partial charge is 0.256 e. The van der Waals surface area contributed by atoms with Gasteiger partial charge in [-0.1, -0.05) is 39.5 Å². The number of likely N-dealkylation sites (tertiary alicyclic amines) is 1. The zero-order chi connectivity index (χ0) is 32.7. The maximum absolute atomic E-state index is 16.6. The van der Waals surface area contributed by atoms with Crippen LogP contribution in [0.2, 0.25) is 0 Å². The van der Waals surface area contributed by atoms with E-state index in [1.54, 1.807) is 12.4 Å². The summed E-state index contributed by atoms with van der Waals surface area (Å²) in [4.78, 5) is 43.8. The van der Waals surface area contributed by atoms with Crippen molar-refractivity contribution in [2.45, 2.75) is 133 Å². The molecule has 1 N–H and O–H groups in total. The van der Waals surface area contributed by atoms with Crippen LogP contribution in [0.1, 0.15) is 96.6 Å². The number of morpholine rings is 1. The van der Waals surface area contributed by atoms with Crippen LogP contribution >= 0.6 is 0 Å². The van der Waals surface area contributed by atoms with Gasteiger partial charge in [0.25, 0.3) is 5.91 Å². The number of halogens is 1. The van der Waals surface area contributed by atoms with Crippen molar-refractivity contribution in [2.24, 2.45) is 17.8 Å². The first-order valence-corrected chi connectivity index (χ1v) is 18.7. The van der Waals surface area contributed by atoms with Gasteiger partial charge in [-0.15, -0.1) is 0 Å². The summed E-state index contributed by atoms with van der Waals surface area (Å²) in [5.74, 6) is 0.395. The molecule has 3 aliphatic carbocycles. The molecule has 1 aromatic rings. The Labute approximate surface area is 280 Å². The summed E-state index contributed by atoms with van der Waals surface area (Å²) in [5, 5.41) is 3.14. The maximum atomic E-state index is 16.6. The molecule has 1 amide bonds. The monoisotopic (exact) mass is 650 g/mol. The maximum Gasteiger partial charge on any atom is 0.256 e. The molecule has 10 heteroatoms. The Hall–Kier alpha value is -2.43. The van der Waals surface area contributed by atoms with E-state index in [9.17, 15) is 9.59 Å². The van der Waals surface area contributed by atoms with Gasteiger partial charge in [0.05, 0.1) is 41.6 Å². The molecule has 3 saturated carbocycles. The molecular weight excluding hydrogens is 595 g/mol. The van der Waals surface area contributed by atoms with Crippen molar-refractivity contribution in [1.29, 1.82) is 0 Å². The minimum absolute atomic E-state index is 0.0183. The second-order valence-corrected chi connectivity index (χ2v) is 15.3. The minimum Gasteiger partial charge on any atom is -0.369 e. The first kappa shape index (κ1) is 33.1. The molecule has 0 spiro atoms. The van der Waals surface area contributed by atoms with E-state index in [0.717, 1.165) is 64.0 Å². The van der Waals surface area contributed by atoms with Crippen molar-refractivity contribution in [3.05, 3.63) is 36.1 Å². The number of amides is 1. The SMILES string of the molecule is CCN(CC)CCCC(C)NC(=O)C1=CN2C3CC4CCCCC4CC3OC3C(N4CCC(c5cnccn5)C4)C(F)CC(C1=O)C32. The van der Waals surface area contributed by atoms with Gasteiger partial charge in [-0.2, -0.15) is 0 Å². The molecule has 11 unspecified atom stereocenters. The quantitative estimate of drug-likeness (QED) is 0.371. The van der Waals surface area contributed by atoms with Gasteiger partial charge >= 0.3 is 0 Å². The van der Waals surface area contributed by atoms with Crippen LogP contribution in [0.4, 0.5) is 4.39 Å². The van der Waals surface area contributed by atoms with E-state index in [1.807, 2.05) is 19.3 Å². The second-order valence-electron chi connectivity index (χ2n) is 15.3. The number of hydrogen-bond donors (Lipinski definition) is 1. The molecule has 6 aliphatic rings.